The van der Waals surface area contributed by atoms with Crippen molar-refractivity contribution >= 4 is 17.4 Å². The zero-order chi connectivity index (χ0) is 29.3. The first-order valence-electron chi connectivity index (χ1n) is 14.3. The lowest BCUT2D eigenvalue weighted by Gasteiger charge is -2.57. The van der Waals surface area contributed by atoms with Crippen molar-refractivity contribution in [1.82, 2.24) is 15.2 Å². The zero-order valence-corrected chi connectivity index (χ0v) is 23.5. The Morgan fingerprint density at radius 1 is 1.10 bits per heavy atom. The molecule has 9 heteroatoms. The molecule has 218 valence electrons. The van der Waals surface area contributed by atoms with Crippen molar-refractivity contribution < 1.29 is 28.6 Å². The molecule has 8 nitrogen and oxygen atoms in total. The van der Waals surface area contributed by atoms with E-state index in [4.69, 9.17) is 14.6 Å². The number of hydrogen-bond donors (Lipinski definition) is 2. The highest BCUT2D eigenvalue weighted by atomic mass is 19.1. The van der Waals surface area contributed by atoms with Crippen molar-refractivity contribution in [3.63, 3.8) is 0 Å². The van der Waals surface area contributed by atoms with Crippen LogP contribution in [0.4, 0.5) is 4.39 Å². The second-order valence-electron chi connectivity index (χ2n) is 11.6. The number of nitrogens with one attached hydrogen (secondary N) is 1. The number of hydrogen-bond acceptors (Lipinski definition) is 6. The van der Waals surface area contributed by atoms with Gasteiger partial charge in [-0.25, -0.2) is 4.39 Å². The van der Waals surface area contributed by atoms with Gasteiger partial charge in [0.15, 0.2) is 0 Å². The van der Waals surface area contributed by atoms with E-state index in [1.807, 2.05) is 31.2 Å². The van der Waals surface area contributed by atoms with Crippen LogP contribution in [0.1, 0.15) is 59.3 Å². The molecule has 0 radical (unpaired) electrons. The maximum Gasteiger partial charge on any atom is 0.253 e. The molecule has 1 aliphatic carbocycles. The first-order valence-corrected chi connectivity index (χ1v) is 14.3. The fourth-order valence-corrected chi connectivity index (χ4v) is 6.19. The van der Waals surface area contributed by atoms with E-state index in [-0.39, 0.29) is 35.2 Å². The summed E-state index contributed by atoms with van der Waals surface area (Å²) in [5.74, 6) is -0.214. The molecule has 6 rings (SSSR count). The van der Waals surface area contributed by atoms with Gasteiger partial charge < -0.3 is 24.8 Å². The summed E-state index contributed by atoms with van der Waals surface area (Å²) >= 11 is 0. The van der Waals surface area contributed by atoms with Crippen LogP contribution in [-0.2, 0) is 9.53 Å². The highest BCUT2D eigenvalue weighted by Crippen LogP contribution is 2.54. The Kier molecular flexibility index (Phi) is 7.79. The maximum absolute atomic E-state index is 13.7. The molecule has 0 unspecified atom stereocenters. The average molecular weight is 572 g/mol. The predicted octanol–water partition coefficient (Wildman–Crippen LogP) is 4.30. The maximum atomic E-state index is 13.7. The molecule has 3 aliphatic rings. The van der Waals surface area contributed by atoms with Gasteiger partial charge in [-0.3, -0.25) is 14.6 Å². The summed E-state index contributed by atoms with van der Waals surface area (Å²) in [5, 5.41) is 12.2. The number of rotatable bonds is 8. The third kappa shape index (κ3) is 5.80. The fourth-order valence-electron chi connectivity index (χ4n) is 6.19. The van der Waals surface area contributed by atoms with Crippen molar-refractivity contribution in [2.75, 3.05) is 32.9 Å². The standard InChI is InChI=1S/C33H34FN3O5/c1-21(36-32(40)25-12-29(16-35-15-25)42-28-10-11-41-18-28)22-2-4-23(5-3-22)31(24-6-8-27(34)9-7-24)26-13-33(14-26)19-37(20-33)30(39)17-38/h2-9,12,15-16,21,28,38H,10-11,13-14,17-20H2,1H3,(H,36,40)/t21-,28-/m1/s1. The first kappa shape index (κ1) is 28.1. The number of aliphatic hydroxyl groups excluding tert-OH is 1. The van der Waals surface area contributed by atoms with Gasteiger partial charge in [0.1, 0.15) is 24.3 Å². The van der Waals surface area contributed by atoms with Crippen molar-refractivity contribution in [3.05, 3.63) is 101 Å². The molecular formula is C33H34FN3O5. The average Bonchev–Trinajstić information content (AvgIpc) is 3.47. The highest BCUT2D eigenvalue weighted by molar-refractivity contribution is 5.94. The van der Waals surface area contributed by atoms with Crippen molar-refractivity contribution in [2.24, 2.45) is 5.41 Å². The highest BCUT2D eigenvalue weighted by Gasteiger charge is 2.52. The van der Waals surface area contributed by atoms with E-state index in [1.54, 1.807) is 29.3 Å². The molecule has 2 aromatic carbocycles. The normalized spacial score (nSPS) is 19.5. The van der Waals surface area contributed by atoms with Crippen LogP contribution >= 0.6 is 0 Å². The quantitative estimate of drug-likeness (QED) is 0.418. The molecule has 3 aromatic rings. The summed E-state index contributed by atoms with van der Waals surface area (Å²) in [6, 6.07) is 16.1. The molecule has 1 saturated carbocycles. The Bertz CT molecular complexity index is 1480. The molecule has 2 amide bonds. The summed E-state index contributed by atoms with van der Waals surface area (Å²) in [6.07, 6.45) is 5.62. The number of aliphatic hydroxyl groups is 1. The number of halogens is 1. The second-order valence-corrected chi connectivity index (χ2v) is 11.6. The van der Waals surface area contributed by atoms with E-state index in [0.717, 1.165) is 41.5 Å². The topological polar surface area (TPSA) is 101 Å². The van der Waals surface area contributed by atoms with Gasteiger partial charge in [0.05, 0.1) is 31.0 Å². The number of aromatic nitrogens is 1. The number of ether oxygens (including phenoxy) is 2. The van der Waals surface area contributed by atoms with E-state index in [1.165, 1.54) is 23.9 Å². The number of likely N-dealkylation sites (tertiary alicyclic amines) is 1. The molecule has 0 bridgehead atoms. The van der Waals surface area contributed by atoms with Crippen molar-refractivity contribution in [1.29, 1.82) is 0 Å². The smallest absolute Gasteiger partial charge is 0.253 e. The van der Waals surface area contributed by atoms with Crippen LogP contribution in [-0.4, -0.2) is 65.8 Å². The third-order valence-corrected chi connectivity index (χ3v) is 8.42. The Hall–Kier alpha value is -4.08. The summed E-state index contributed by atoms with van der Waals surface area (Å²) in [7, 11) is 0. The Labute approximate surface area is 244 Å². The van der Waals surface area contributed by atoms with E-state index < -0.39 is 6.61 Å². The van der Waals surface area contributed by atoms with E-state index in [9.17, 15) is 14.0 Å². The summed E-state index contributed by atoms with van der Waals surface area (Å²) in [4.78, 5) is 30.7. The van der Waals surface area contributed by atoms with Crippen LogP contribution in [0.3, 0.4) is 0 Å². The molecule has 3 fully saturated rings. The minimum Gasteiger partial charge on any atom is -0.486 e. The van der Waals surface area contributed by atoms with Crippen molar-refractivity contribution in [2.45, 2.75) is 38.3 Å². The Morgan fingerprint density at radius 3 is 2.43 bits per heavy atom. The van der Waals surface area contributed by atoms with Crippen LogP contribution in [0.5, 0.6) is 5.75 Å². The van der Waals surface area contributed by atoms with Gasteiger partial charge in [0, 0.05) is 31.1 Å². The molecule has 1 aromatic heterocycles. The van der Waals surface area contributed by atoms with Crippen LogP contribution in [0, 0.1) is 11.2 Å². The molecule has 3 heterocycles. The summed E-state index contributed by atoms with van der Waals surface area (Å²) in [6.45, 7) is 3.99. The van der Waals surface area contributed by atoms with Gasteiger partial charge >= 0.3 is 0 Å². The Morgan fingerprint density at radius 2 is 1.79 bits per heavy atom. The molecule has 2 atom stereocenters. The zero-order valence-electron chi connectivity index (χ0n) is 23.5. The van der Waals surface area contributed by atoms with Crippen LogP contribution in [0.2, 0.25) is 0 Å². The van der Waals surface area contributed by atoms with Gasteiger partial charge in [-0.2, -0.15) is 0 Å². The lowest BCUT2D eigenvalue weighted by atomic mass is 9.59. The van der Waals surface area contributed by atoms with Crippen LogP contribution in [0.25, 0.3) is 5.57 Å². The number of benzene rings is 2. The molecule has 42 heavy (non-hydrogen) atoms. The predicted molar refractivity (Wildman–Crippen MR) is 154 cm³/mol. The SMILES string of the molecule is C[C@@H](NC(=O)c1cncc(O[C@@H]2CCOC2)c1)c1ccc(C(=C2CC3(C2)CN(C(=O)CO)C3)c2ccc(F)cc2)cc1. The molecule has 2 N–H and O–H groups in total. The first-order chi connectivity index (χ1) is 20.3. The number of carbonyl (C=O) groups excluding carboxylic acids is 2. The molecule has 2 aliphatic heterocycles. The molecule has 2 saturated heterocycles. The number of carbonyl (C=O) groups is 2. The van der Waals surface area contributed by atoms with E-state index in [0.29, 0.717) is 37.6 Å². The third-order valence-electron chi connectivity index (χ3n) is 8.42. The van der Waals surface area contributed by atoms with Gasteiger partial charge in [0.25, 0.3) is 5.91 Å². The van der Waals surface area contributed by atoms with E-state index in [2.05, 4.69) is 10.3 Å². The van der Waals surface area contributed by atoms with Gasteiger partial charge in [-0.1, -0.05) is 42.0 Å². The van der Waals surface area contributed by atoms with Gasteiger partial charge in [-0.05, 0) is 60.2 Å². The lowest BCUT2D eigenvalue weighted by molar-refractivity contribution is -0.149. The van der Waals surface area contributed by atoms with Crippen molar-refractivity contribution in [3.8, 4) is 5.75 Å². The number of pyridine rings is 1. The number of allylic oxidation sites excluding steroid dienone is 1. The lowest BCUT2D eigenvalue weighted by Crippen LogP contribution is -2.62. The minimum absolute atomic E-state index is 0.0262. The molecule has 1 spiro atoms. The summed E-state index contributed by atoms with van der Waals surface area (Å²) in [5.41, 5.74) is 5.73. The van der Waals surface area contributed by atoms with Gasteiger partial charge in [-0.15, -0.1) is 0 Å². The second kappa shape index (κ2) is 11.7. The largest absolute Gasteiger partial charge is 0.486 e. The Balaban J connectivity index is 1.15. The monoisotopic (exact) mass is 571 g/mol. The number of amides is 2. The molecular weight excluding hydrogens is 537 g/mol. The van der Waals surface area contributed by atoms with Crippen LogP contribution < -0.4 is 10.1 Å². The van der Waals surface area contributed by atoms with Crippen LogP contribution in [0.15, 0.2) is 72.6 Å². The summed E-state index contributed by atoms with van der Waals surface area (Å²) < 4.78 is 25.0. The van der Waals surface area contributed by atoms with E-state index >= 15 is 0 Å². The minimum atomic E-state index is -0.460. The fraction of sp³-hybridized carbons (Fsp3) is 0.364. The number of nitrogens with zero attached hydrogens (tertiary/aromatic N) is 2. The van der Waals surface area contributed by atoms with Gasteiger partial charge in [0.2, 0.25) is 5.91 Å².